The second kappa shape index (κ2) is 7.61. The van der Waals surface area contributed by atoms with Crippen LogP contribution in [-0.4, -0.2) is 37.1 Å². The summed E-state index contributed by atoms with van der Waals surface area (Å²) in [5.74, 6) is 0. The smallest absolute Gasteiger partial charge is 0.148 e. The Morgan fingerprint density at radius 2 is 1.13 bits per heavy atom. The molecule has 0 aliphatic carbocycles. The summed E-state index contributed by atoms with van der Waals surface area (Å²) in [4.78, 5) is 1.05. The SMILES string of the molecule is O=S=C(c1ccccc1)C1OCOC1C(=S=O)c1ccccc1. The van der Waals surface area contributed by atoms with Crippen LogP contribution in [0.15, 0.2) is 60.7 Å². The molecular weight excluding hydrogens is 332 g/mol. The van der Waals surface area contributed by atoms with Gasteiger partial charge in [-0.1, -0.05) is 60.7 Å². The quantitative estimate of drug-likeness (QED) is 0.623. The number of benzene rings is 2. The van der Waals surface area contributed by atoms with Gasteiger partial charge >= 0.3 is 0 Å². The second-order valence-electron chi connectivity index (χ2n) is 4.92. The first kappa shape index (κ1) is 16.0. The van der Waals surface area contributed by atoms with Crippen molar-refractivity contribution >= 4 is 32.2 Å². The van der Waals surface area contributed by atoms with E-state index in [0.29, 0.717) is 32.2 Å². The molecule has 3 rings (SSSR count). The lowest BCUT2D eigenvalue weighted by atomic mass is 9.98. The maximum absolute atomic E-state index is 11.7. The molecule has 4 nitrogen and oxygen atoms in total. The van der Waals surface area contributed by atoms with Gasteiger partial charge in [-0.2, -0.15) is 0 Å². The minimum atomic E-state index is -0.573. The summed E-state index contributed by atoms with van der Waals surface area (Å²) < 4.78 is 34.6. The molecular formula is C17H14O4S2. The lowest BCUT2D eigenvalue weighted by Gasteiger charge is -2.18. The Kier molecular flexibility index (Phi) is 5.30. The number of rotatable bonds is 4. The van der Waals surface area contributed by atoms with Crippen LogP contribution < -0.4 is 0 Å². The molecule has 0 N–H and O–H groups in total. The van der Waals surface area contributed by atoms with Crippen molar-refractivity contribution in [1.29, 1.82) is 0 Å². The van der Waals surface area contributed by atoms with E-state index in [1.54, 1.807) is 0 Å². The van der Waals surface area contributed by atoms with E-state index in [1.807, 2.05) is 60.7 Å². The molecule has 1 heterocycles. The first-order valence-electron chi connectivity index (χ1n) is 7.02. The molecule has 2 atom stereocenters. The minimum Gasteiger partial charge on any atom is -0.343 e. The highest BCUT2D eigenvalue weighted by Crippen LogP contribution is 2.21. The van der Waals surface area contributed by atoms with E-state index in [1.165, 1.54) is 0 Å². The van der Waals surface area contributed by atoms with Gasteiger partial charge in [-0.25, -0.2) is 8.42 Å². The normalized spacial score (nSPS) is 20.0. The fourth-order valence-electron chi connectivity index (χ4n) is 2.51. The molecule has 0 aromatic heterocycles. The van der Waals surface area contributed by atoms with Crippen molar-refractivity contribution in [3.8, 4) is 0 Å². The Balaban J connectivity index is 1.97. The van der Waals surface area contributed by atoms with Gasteiger partial charge in [0.2, 0.25) is 0 Å². The van der Waals surface area contributed by atoms with E-state index in [2.05, 4.69) is 0 Å². The van der Waals surface area contributed by atoms with Crippen molar-refractivity contribution in [3.05, 3.63) is 71.8 Å². The highest BCUT2D eigenvalue weighted by Gasteiger charge is 2.38. The summed E-state index contributed by atoms with van der Waals surface area (Å²) in [6.07, 6.45) is -1.15. The van der Waals surface area contributed by atoms with Crippen molar-refractivity contribution in [1.82, 2.24) is 0 Å². The maximum Gasteiger partial charge on any atom is 0.148 e. The van der Waals surface area contributed by atoms with Gasteiger partial charge in [0, 0.05) is 0 Å². The predicted molar refractivity (Wildman–Crippen MR) is 92.0 cm³/mol. The molecule has 6 heteroatoms. The Bertz CT molecular complexity index is 711. The molecule has 1 fully saturated rings. The fraction of sp³-hybridized carbons (Fsp3) is 0.176. The van der Waals surface area contributed by atoms with Crippen molar-refractivity contribution in [2.24, 2.45) is 0 Å². The van der Waals surface area contributed by atoms with Gasteiger partial charge in [0.15, 0.2) is 0 Å². The Morgan fingerprint density at radius 3 is 1.48 bits per heavy atom. The van der Waals surface area contributed by atoms with Crippen molar-refractivity contribution in [2.75, 3.05) is 6.79 Å². The Morgan fingerprint density at radius 1 is 0.739 bits per heavy atom. The summed E-state index contributed by atoms with van der Waals surface area (Å²) in [7, 11) is 0. The van der Waals surface area contributed by atoms with Crippen molar-refractivity contribution in [3.63, 3.8) is 0 Å². The molecule has 2 unspecified atom stereocenters. The van der Waals surface area contributed by atoms with Crippen LogP contribution in [0.5, 0.6) is 0 Å². The van der Waals surface area contributed by atoms with Crippen LogP contribution in [-0.2, 0) is 32.0 Å². The van der Waals surface area contributed by atoms with E-state index < -0.39 is 12.2 Å². The summed E-state index contributed by atoms with van der Waals surface area (Å²) in [5.41, 5.74) is 1.58. The monoisotopic (exact) mass is 346 g/mol. The highest BCUT2D eigenvalue weighted by atomic mass is 32.1. The highest BCUT2D eigenvalue weighted by molar-refractivity contribution is 7.67. The molecule has 23 heavy (non-hydrogen) atoms. The van der Waals surface area contributed by atoms with Crippen molar-refractivity contribution < 1.29 is 17.9 Å². The van der Waals surface area contributed by atoms with Crippen LogP contribution in [0.2, 0.25) is 0 Å². The van der Waals surface area contributed by atoms with E-state index in [-0.39, 0.29) is 6.79 Å². The molecule has 0 spiro atoms. The first-order valence-corrected chi connectivity index (χ1v) is 8.51. The van der Waals surface area contributed by atoms with Crippen LogP contribution in [0.25, 0.3) is 0 Å². The van der Waals surface area contributed by atoms with Crippen molar-refractivity contribution in [2.45, 2.75) is 12.2 Å². The molecule has 1 saturated heterocycles. The fourth-order valence-corrected chi connectivity index (χ4v) is 3.55. The van der Waals surface area contributed by atoms with Crippen LogP contribution >= 0.6 is 0 Å². The molecule has 1 aliphatic rings. The molecule has 2 aromatic carbocycles. The van der Waals surface area contributed by atoms with Crippen LogP contribution in [0.3, 0.4) is 0 Å². The summed E-state index contributed by atoms with van der Waals surface area (Å²) in [6, 6.07) is 18.6. The van der Waals surface area contributed by atoms with E-state index in [9.17, 15) is 8.42 Å². The zero-order valence-electron chi connectivity index (χ0n) is 12.1. The van der Waals surface area contributed by atoms with Gasteiger partial charge in [-0.3, -0.25) is 0 Å². The summed E-state index contributed by atoms with van der Waals surface area (Å²) >= 11 is 0.768. The van der Waals surface area contributed by atoms with Gasteiger partial charge in [0.05, 0.1) is 32.2 Å². The Labute approximate surface area is 141 Å². The molecule has 0 amide bonds. The molecule has 0 saturated carbocycles. The Hall–Kier alpha value is -1.86. The summed E-state index contributed by atoms with van der Waals surface area (Å²) in [5, 5.41) is 0. The standard InChI is InChI=1S/C17H14O4S2/c18-22-16(12-7-3-1-4-8-12)14-15(21-11-20-14)17(23-19)13-9-5-2-6-10-13/h1-10,14-15H,11H2. The third kappa shape index (κ3) is 3.40. The molecule has 1 aliphatic heterocycles. The number of ether oxygens (including phenoxy) is 2. The van der Waals surface area contributed by atoms with Crippen LogP contribution in [0.1, 0.15) is 11.1 Å². The van der Waals surface area contributed by atoms with Gasteiger partial charge in [-0.05, 0) is 11.1 Å². The first-order chi connectivity index (χ1) is 11.3. The lowest BCUT2D eigenvalue weighted by Crippen LogP contribution is -2.38. The van der Waals surface area contributed by atoms with E-state index in [0.717, 1.165) is 11.1 Å². The zero-order chi connectivity index (χ0) is 16.1. The molecule has 0 bridgehead atoms. The predicted octanol–water partition coefficient (Wildman–Crippen LogP) is 1.60. The number of hydrogen-bond donors (Lipinski definition) is 0. The topological polar surface area (TPSA) is 52.6 Å². The average molecular weight is 346 g/mol. The van der Waals surface area contributed by atoms with Gasteiger partial charge in [-0.15, -0.1) is 0 Å². The minimum absolute atomic E-state index is 0.0587. The zero-order valence-corrected chi connectivity index (χ0v) is 13.7. The van der Waals surface area contributed by atoms with Gasteiger partial charge in [0.25, 0.3) is 0 Å². The van der Waals surface area contributed by atoms with Crippen LogP contribution in [0, 0.1) is 0 Å². The maximum atomic E-state index is 11.7. The molecule has 0 radical (unpaired) electrons. The van der Waals surface area contributed by atoms with E-state index in [4.69, 9.17) is 9.47 Å². The van der Waals surface area contributed by atoms with Gasteiger partial charge in [0.1, 0.15) is 19.0 Å². The van der Waals surface area contributed by atoms with Gasteiger partial charge < -0.3 is 9.47 Å². The second-order valence-corrected chi connectivity index (χ2v) is 6.13. The van der Waals surface area contributed by atoms with Crippen LogP contribution in [0.4, 0.5) is 0 Å². The summed E-state index contributed by atoms with van der Waals surface area (Å²) in [6.45, 7) is 0.0587. The lowest BCUT2D eigenvalue weighted by molar-refractivity contribution is 0.0552. The third-order valence-electron chi connectivity index (χ3n) is 3.58. The van der Waals surface area contributed by atoms with E-state index >= 15 is 0 Å². The molecule has 2 aromatic rings. The molecule has 118 valence electrons. The largest absolute Gasteiger partial charge is 0.343 e. The average Bonchev–Trinajstić information content (AvgIpc) is 3.07. The third-order valence-corrected chi connectivity index (χ3v) is 4.88. The number of hydrogen-bond acceptors (Lipinski definition) is 4.